The quantitative estimate of drug-likeness (QED) is 0.681. The normalized spacial score (nSPS) is 12.4. The van der Waals surface area contributed by atoms with Crippen molar-refractivity contribution in [2.45, 2.75) is 38.6 Å². The van der Waals surface area contributed by atoms with Crippen LogP contribution in [0.4, 0.5) is 0 Å². The SMILES string of the molecule is CC(N)CCc1ccc(OCCCCO)cc1. The zero-order valence-electron chi connectivity index (χ0n) is 10.6. The van der Waals surface area contributed by atoms with Gasteiger partial charge in [-0.25, -0.2) is 0 Å². The fraction of sp³-hybridized carbons (Fsp3) is 0.571. The molecule has 1 aromatic rings. The van der Waals surface area contributed by atoms with Crippen LogP contribution in [0, 0.1) is 0 Å². The molecule has 1 atom stereocenters. The number of benzene rings is 1. The first kappa shape index (κ1) is 14.0. The Labute approximate surface area is 104 Å². The van der Waals surface area contributed by atoms with Crippen LogP contribution in [0.15, 0.2) is 24.3 Å². The minimum Gasteiger partial charge on any atom is -0.494 e. The summed E-state index contributed by atoms with van der Waals surface area (Å²) in [6, 6.07) is 8.42. The lowest BCUT2D eigenvalue weighted by molar-refractivity contribution is 0.253. The van der Waals surface area contributed by atoms with Crippen LogP contribution in [0.5, 0.6) is 5.75 Å². The van der Waals surface area contributed by atoms with Crippen LogP contribution in [-0.4, -0.2) is 24.4 Å². The molecule has 0 amide bonds. The summed E-state index contributed by atoms with van der Waals surface area (Å²) in [5.41, 5.74) is 7.02. The van der Waals surface area contributed by atoms with Crippen molar-refractivity contribution in [2.75, 3.05) is 13.2 Å². The highest BCUT2D eigenvalue weighted by Crippen LogP contribution is 2.14. The van der Waals surface area contributed by atoms with Crippen LogP contribution in [0.3, 0.4) is 0 Å². The van der Waals surface area contributed by atoms with Gasteiger partial charge >= 0.3 is 0 Å². The van der Waals surface area contributed by atoms with E-state index in [0.29, 0.717) is 6.61 Å². The Morgan fingerprint density at radius 1 is 1.24 bits per heavy atom. The molecule has 96 valence electrons. The topological polar surface area (TPSA) is 55.5 Å². The van der Waals surface area contributed by atoms with Gasteiger partial charge < -0.3 is 15.6 Å². The molecule has 0 spiro atoms. The number of rotatable bonds is 8. The van der Waals surface area contributed by atoms with Gasteiger partial charge in [0.15, 0.2) is 0 Å². The number of ether oxygens (including phenoxy) is 1. The Kier molecular flexibility index (Phi) is 6.67. The monoisotopic (exact) mass is 237 g/mol. The smallest absolute Gasteiger partial charge is 0.119 e. The zero-order valence-corrected chi connectivity index (χ0v) is 10.6. The predicted octanol–water partition coefficient (Wildman–Crippen LogP) is 2.12. The van der Waals surface area contributed by atoms with Crippen LogP contribution in [0.2, 0.25) is 0 Å². The van der Waals surface area contributed by atoms with Crippen molar-refractivity contribution >= 4 is 0 Å². The van der Waals surface area contributed by atoms with Gasteiger partial charge in [0.1, 0.15) is 5.75 Å². The first-order valence-corrected chi connectivity index (χ1v) is 6.30. The van der Waals surface area contributed by atoms with E-state index in [1.165, 1.54) is 5.56 Å². The predicted molar refractivity (Wildman–Crippen MR) is 70.2 cm³/mol. The Balaban J connectivity index is 2.29. The van der Waals surface area contributed by atoms with Crippen LogP contribution in [-0.2, 0) is 6.42 Å². The second-order valence-electron chi connectivity index (χ2n) is 4.44. The summed E-state index contributed by atoms with van der Waals surface area (Å²) in [5.74, 6) is 0.896. The maximum Gasteiger partial charge on any atom is 0.119 e. The Bertz CT molecular complexity index is 296. The van der Waals surface area contributed by atoms with E-state index in [1.54, 1.807) is 0 Å². The van der Waals surface area contributed by atoms with Crippen molar-refractivity contribution in [1.82, 2.24) is 0 Å². The van der Waals surface area contributed by atoms with Crippen LogP contribution >= 0.6 is 0 Å². The number of unbranched alkanes of at least 4 members (excludes halogenated alkanes) is 1. The van der Waals surface area contributed by atoms with Gasteiger partial charge in [-0.05, 0) is 50.3 Å². The van der Waals surface area contributed by atoms with Gasteiger partial charge in [-0.1, -0.05) is 12.1 Å². The summed E-state index contributed by atoms with van der Waals surface area (Å²) in [7, 11) is 0. The van der Waals surface area contributed by atoms with Crippen molar-refractivity contribution in [3.8, 4) is 5.75 Å². The van der Waals surface area contributed by atoms with Crippen LogP contribution < -0.4 is 10.5 Å². The molecule has 0 aliphatic rings. The maximum absolute atomic E-state index is 8.64. The fourth-order valence-electron chi connectivity index (χ4n) is 1.55. The molecule has 0 bridgehead atoms. The third-order valence-electron chi connectivity index (χ3n) is 2.63. The Hall–Kier alpha value is -1.06. The lowest BCUT2D eigenvalue weighted by atomic mass is 10.1. The van der Waals surface area contributed by atoms with E-state index in [4.69, 9.17) is 15.6 Å². The van der Waals surface area contributed by atoms with E-state index in [2.05, 4.69) is 12.1 Å². The molecule has 0 radical (unpaired) electrons. The number of aliphatic hydroxyl groups excluding tert-OH is 1. The average Bonchev–Trinajstić information content (AvgIpc) is 2.33. The molecule has 0 aliphatic carbocycles. The molecule has 17 heavy (non-hydrogen) atoms. The van der Waals surface area contributed by atoms with E-state index in [-0.39, 0.29) is 12.6 Å². The number of aryl methyl sites for hydroxylation is 1. The van der Waals surface area contributed by atoms with E-state index < -0.39 is 0 Å². The summed E-state index contributed by atoms with van der Waals surface area (Å²) in [6.45, 7) is 2.93. The number of hydrogen-bond donors (Lipinski definition) is 2. The maximum atomic E-state index is 8.64. The summed E-state index contributed by atoms with van der Waals surface area (Å²) in [4.78, 5) is 0. The van der Waals surface area contributed by atoms with Crippen molar-refractivity contribution in [3.63, 3.8) is 0 Å². The molecule has 1 aromatic carbocycles. The molecule has 0 heterocycles. The van der Waals surface area contributed by atoms with E-state index in [1.807, 2.05) is 19.1 Å². The second-order valence-corrected chi connectivity index (χ2v) is 4.44. The Morgan fingerprint density at radius 2 is 1.94 bits per heavy atom. The second kappa shape index (κ2) is 8.09. The molecule has 0 saturated heterocycles. The minimum atomic E-state index is 0.236. The highest BCUT2D eigenvalue weighted by molar-refractivity contribution is 5.27. The molecule has 1 unspecified atom stereocenters. The van der Waals surface area contributed by atoms with Gasteiger partial charge in [0.25, 0.3) is 0 Å². The van der Waals surface area contributed by atoms with Crippen LogP contribution in [0.1, 0.15) is 31.7 Å². The Morgan fingerprint density at radius 3 is 2.53 bits per heavy atom. The van der Waals surface area contributed by atoms with Crippen LogP contribution in [0.25, 0.3) is 0 Å². The molecular formula is C14H23NO2. The van der Waals surface area contributed by atoms with Crippen molar-refractivity contribution < 1.29 is 9.84 Å². The van der Waals surface area contributed by atoms with Crippen molar-refractivity contribution in [2.24, 2.45) is 5.73 Å². The van der Waals surface area contributed by atoms with E-state index in [0.717, 1.165) is 31.4 Å². The standard InChI is InChI=1S/C14H23NO2/c1-12(15)4-5-13-6-8-14(9-7-13)17-11-3-2-10-16/h6-9,12,16H,2-5,10-11,15H2,1H3. The van der Waals surface area contributed by atoms with Gasteiger partial charge in [0, 0.05) is 12.6 Å². The summed E-state index contributed by atoms with van der Waals surface area (Å²) in [5, 5.41) is 8.64. The first-order chi connectivity index (χ1) is 8.22. The van der Waals surface area contributed by atoms with Gasteiger partial charge in [0.05, 0.1) is 6.61 Å². The first-order valence-electron chi connectivity index (χ1n) is 6.30. The minimum absolute atomic E-state index is 0.236. The molecular weight excluding hydrogens is 214 g/mol. The van der Waals surface area contributed by atoms with Crippen molar-refractivity contribution in [1.29, 1.82) is 0 Å². The fourth-order valence-corrected chi connectivity index (χ4v) is 1.55. The molecule has 3 nitrogen and oxygen atoms in total. The lowest BCUT2D eigenvalue weighted by Gasteiger charge is -2.08. The molecule has 3 heteroatoms. The molecule has 0 saturated carbocycles. The van der Waals surface area contributed by atoms with Crippen molar-refractivity contribution in [3.05, 3.63) is 29.8 Å². The summed E-state index contributed by atoms with van der Waals surface area (Å²) >= 11 is 0. The van der Waals surface area contributed by atoms with Gasteiger partial charge in [-0.3, -0.25) is 0 Å². The number of hydrogen-bond acceptors (Lipinski definition) is 3. The van der Waals surface area contributed by atoms with Gasteiger partial charge in [-0.15, -0.1) is 0 Å². The summed E-state index contributed by atoms with van der Waals surface area (Å²) < 4.78 is 5.55. The van der Waals surface area contributed by atoms with E-state index in [9.17, 15) is 0 Å². The number of aliphatic hydroxyl groups is 1. The van der Waals surface area contributed by atoms with Gasteiger partial charge in [0.2, 0.25) is 0 Å². The molecule has 0 aliphatic heterocycles. The van der Waals surface area contributed by atoms with Gasteiger partial charge in [-0.2, -0.15) is 0 Å². The molecule has 0 fully saturated rings. The molecule has 3 N–H and O–H groups in total. The third-order valence-corrected chi connectivity index (χ3v) is 2.63. The zero-order chi connectivity index (χ0) is 12.5. The highest BCUT2D eigenvalue weighted by atomic mass is 16.5. The molecule has 1 rings (SSSR count). The lowest BCUT2D eigenvalue weighted by Crippen LogP contribution is -2.15. The largest absolute Gasteiger partial charge is 0.494 e. The average molecular weight is 237 g/mol. The summed E-state index contributed by atoms with van der Waals surface area (Å²) in [6.07, 6.45) is 3.72. The third kappa shape index (κ3) is 6.29. The van der Waals surface area contributed by atoms with E-state index >= 15 is 0 Å². The highest BCUT2D eigenvalue weighted by Gasteiger charge is 1.98. The number of nitrogens with two attached hydrogens (primary N) is 1. The molecule has 0 aromatic heterocycles.